The van der Waals surface area contributed by atoms with E-state index in [1.807, 2.05) is 0 Å². The van der Waals surface area contributed by atoms with Gasteiger partial charge in [0.15, 0.2) is 0 Å². The van der Waals surface area contributed by atoms with Gasteiger partial charge in [-0.2, -0.15) is 0 Å². The SMILES string of the molecule is CC(C)C(N)C(=O)NC(CC(=O)O)C(=O)NCC(=O)NC(Cc1ccccc1)C(=O)O. The highest BCUT2D eigenvalue weighted by molar-refractivity contribution is 5.94. The molecule has 1 rings (SSSR count). The summed E-state index contributed by atoms with van der Waals surface area (Å²) in [7, 11) is 0. The van der Waals surface area contributed by atoms with Gasteiger partial charge in [0, 0.05) is 6.42 Å². The number of carbonyl (C=O) groups excluding carboxylic acids is 3. The predicted octanol–water partition coefficient (Wildman–Crippen LogP) is -1.14. The average Bonchev–Trinajstić information content (AvgIpc) is 2.70. The zero-order chi connectivity index (χ0) is 23.6. The van der Waals surface area contributed by atoms with E-state index in [0.29, 0.717) is 5.56 Å². The summed E-state index contributed by atoms with van der Waals surface area (Å²) in [4.78, 5) is 58.9. The molecular formula is C20H28N4O7. The molecule has 0 saturated carbocycles. The van der Waals surface area contributed by atoms with E-state index in [1.165, 1.54) is 0 Å². The molecule has 0 aromatic heterocycles. The Hall–Kier alpha value is -3.47. The van der Waals surface area contributed by atoms with Crippen LogP contribution in [-0.4, -0.2) is 64.5 Å². The van der Waals surface area contributed by atoms with Crippen LogP contribution in [0.4, 0.5) is 0 Å². The fourth-order valence-corrected chi connectivity index (χ4v) is 2.54. The summed E-state index contributed by atoms with van der Waals surface area (Å²) in [5.74, 6) is -5.21. The monoisotopic (exact) mass is 436 g/mol. The van der Waals surface area contributed by atoms with E-state index < -0.39 is 60.8 Å². The van der Waals surface area contributed by atoms with Gasteiger partial charge in [0.05, 0.1) is 19.0 Å². The first-order valence-electron chi connectivity index (χ1n) is 9.62. The summed E-state index contributed by atoms with van der Waals surface area (Å²) in [5.41, 5.74) is 6.40. The van der Waals surface area contributed by atoms with Gasteiger partial charge >= 0.3 is 11.9 Å². The normalized spacial score (nSPS) is 13.5. The van der Waals surface area contributed by atoms with Gasteiger partial charge in [0.25, 0.3) is 0 Å². The predicted molar refractivity (Wildman–Crippen MR) is 110 cm³/mol. The van der Waals surface area contributed by atoms with Gasteiger partial charge in [0.1, 0.15) is 12.1 Å². The molecule has 170 valence electrons. The summed E-state index contributed by atoms with van der Waals surface area (Å²) in [6.07, 6.45) is -0.670. The minimum absolute atomic E-state index is 0.0423. The summed E-state index contributed by atoms with van der Waals surface area (Å²) in [6, 6.07) is 5.06. The van der Waals surface area contributed by atoms with Crippen molar-refractivity contribution >= 4 is 29.7 Å². The molecule has 7 N–H and O–H groups in total. The third-order valence-electron chi connectivity index (χ3n) is 4.37. The quantitative estimate of drug-likeness (QED) is 0.237. The molecule has 1 aromatic rings. The second-order valence-electron chi connectivity index (χ2n) is 7.29. The molecule has 0 spiro atoms. The van der Waals surface area contributed by atoms with E-state index in [2.05, 4.69) is 16.0 Å². The van der Waals surface area contributed by atoms with E-state index in [9.17, 15) is 29.1 Å². The molecule has 0 aliphatic carbocycles. The molecule has 0 fully saturated rings. The summed E-state index contributed by atoms with van der Waals surface area (Å²) < 4.78 is 0. The Balaban J connectivity index is 2.67. The van der Waals surface area contributed by atoms with Crippen LogP contribution >= 0.6 is 0 Å². The molecule has 0 aliphatic heterocycles. The minimum atomic E-state index is -1.44. The lowest BCUT2D eigenvalue weighted by atomic mass is 10.0. The van der Waals surface area contributed by atoms with E-state index >= 15 is 0 Å². The first-order chi connectivity index (χ1) is 14.5. The maximum Gasteiger partial charge on any atom is 0.326 e. The van der Waals surface area contributed by atoms with Crippen LogP contribution in [0.2, 0.25) is 0 Å². The molecular weight excluding hydrogens is 408 g/mol. The first-order valence-corrected chi connectivity index (χ1v) is 9.62. The van der Waals surface area contributed by atoms with Crippen LogP contribution in [0.5, 0.6) is 0 Å². The fourth-order valence-electron chi connectivity index (χ4n) is 2.54. The van der Waals surface area contributed by atoms with Gasteiger partial charge in [-0.25, -0.2) is 4.79 Å². The summed E-state index contributed by atoms with van der Waals surface area (Å²) >= 11 is 0. The second-order valence-corrected chi connectivity index (χ2v) is 7.29. The highest BCUT2D eigenvalue weighted by Crippen LogP contribution is 2.04. The van der Waals surface area contributed by atoms with Crippen LogP contribution < -0.4 is 21.7 Å². The molecule has 31 heavy (non-hydrogen) atoms. The number of hydrogen-bond acceptors (Lipinski definition) is 6. The Bertz CT molecular complexity index is 798. The summed E-state index contributed by atoms with van der Waals surface area (Å²) in [5, 5.41) is 25.1. The van der Waals surface area contributed by atoms with Gasteiger partial charge in [-0.3, -0.25) is 19.2 Å². The Morgan fingerprint density at radius 1 is 0.935 bits per heavy atom. The van der Waals surface area contributed by atoms with Crippen molar-refractivity contribution in [2.75, 3.05) is 6.54 Å². The Labute approximate surface area is 179 Å². The van der Waals surface area contributed by atoms with Gasteiger partial charge in [0.2, 0.25) is 17.7 Å². The number of carboxylic acids is 2. The molecule has 0 saturated heterocycles. The van der Waals surface area contributed by atoms with Gasteiger partial charge in [-0.15, -0.1) is 0 Å². The van der Waals surface area contributed by atoms with Crippen molar-refractivity contribution in [1.29, 1.82) is 0 Å². The standard InChI is InChI=1S/C20H28N4O7/c1-11(2)17(21)19(29)24-13(9-16(26)27)18(28)22-10-15(25)23-14(20(30)31)8-12-6-4-3-5-7-12/h3-7,11,13-14,17H,8-10,21H2,1-2H3,(H,22,28)(H,23,25)(H,24,29)(H,26,27)(H,30,31). The lowest BCUT2D eigenvalue weighted by Gasteiger charge is -2.21. The molecule has 11 heteroatoms. The van der Waals surface area contributed by atoms with E-state index in [0.717, 1.165) is 0 Å². The first kappa shape index (κ1) is 25.6. The van der Waals surface area contributed by atoms with Crippen molar-refractivity contribution in [3.8, 4) is 0 Å². The minimum Gasteiger partial charge on any atom is -0.481 e. The van der Waals surface area contributed by atoms with Crippen LogP contribution in [0.15, 0.2) is 30.3 Å². The largest absolute Gasteiger partial charge is 0.481 e. The zero-order valence-corrected chi connectivity index (χ0v) is 17.3. The van der Waals surface area contributed by atoms with Crippen molar-refractivity contribution in [3.05, 3.63) is 35.9 Å². The molecule has 0 aliphatic rings. The molecule has 11 nitrogen and oxygen atoms in total. The van der Waals surface area contributed by atoms with Crippen LogP contribution in [0.1, 0.15) is 25.8 Å². The Kier molecular flexibility index (Phi) is 10.1. The maximum absolute atomic E-state index is 12.3. The lowest BCUT2D eigenvalue weighted by molar-refractivity contribution is -0.142. The van der Waals surface area contributed by atoms with Gasteiger partial charge in [-0.1, -0.05) is 44.2 Å². The number of hydrogen-bond donors (Lipinski definition) is 6. The second kappa shape index (κ2) is 12.3. The molecule has 3 unspecified atom stereocenters. The molecule has 3 atom stereocenters. The van der Waals surface area contributed by atoms with E-state index in [4.69, 9.17) is 10.8 Å². The van der Waals surface area contributed by atoms with Gasteiger partial charge in [-0.05, 0) is 11.5 Å². The van der Waals surface area contributed by atoms with Crippen LogP contribution in [0, 0.1) is 5.92 Å². The number of carbonyl (C=O) groups is 5. The molecule has 3 amide bonds. The molecule has 1 aromatic carbocycles. The molecule has 0 heterocycles. The number of carboxylic acid groups (broad SMARTS) is 2. The van der Waals surface area contributed by atoms with E-state index in [-0.39, 0.29) is 12.3 Å². The highest BCUT2D eigenvalue weighted by atomic mass is 16.4. The van der Waals surface area contributed by atoms with Crippen molar-refractivity contribution < 1.29 is 34.2 Å². The smallest absolute Gasteiger partial charge is 0.326 e. The Morgan fingerprint density at radius 3 is 2.06 bits per heavy atom. The third kappa shape index (κ3) is 9.26. The highest BCUT2D eigenvalue weighted by Gasteiger charge is 2.28. The van der Waals surface area contributed by atoms with Crippen molar-refractivity contribution in [2.24, 2.45) is 11.7 Å². The fraction of sp³-hybridized carbons (Fsp3) is 0.450. The van der Waals surface area contributed by atoms with Gasteiger partial charge < -0.3 is 31.9 Å². The van der Waals surface area contributed by atoms with Crippen molar-refractivity contribution in [3.63, 3.8) is 0 Å². The summed E-state index contributed by atoms with van der Waals surface area (Å²) in [6.45, 7) is 2.78. The van der Waals surface area contributed by atoms with Crippen molar-refractivity contribution in [2.45, 2.75) is 44.8 Å². The number of nitrogens with two attached hydrogens (primary N) is 1. The van der Waals surface area contributed by atoms with Crippen LogP contribution in [0.25, 0.3) is 0 Å². The van der Waals surface area contributed by atoms with Crippen molar-refractivity contribution in [1.82, 2.24) is 16.0 Å². The lowest BCUT2D eigenvalue weighted by Crippen LogP contribution is -2.55. The molecule has 0 bridgehead atoms. The number of benzene rings is 1. The van der Waals surface area contributed by atoms with Crippen LogP contribution in [0.3, 0.4) is 0 Å². The number of aliphatic carboxylic acids is 2. The topological polar surface area (TPSA) is 188 Å². The third-order valence-corrected chi connectivity index (χ3v) is 4.37. The van der Waals surface area contributed by atoms with Crippen LogP contribution in [-0.2, 0) is 30.4 Å². The number of nitrogens with one attached hydrogen (secondary N) is 3. The Morgan fingerprint density at radius 2 is 1.55 bits per heavy atom. The molecule has 0 radical (unpaired) electrons. The van der Waals surface area contributed by atoms with E-state index in [1.54, 1.807) is 44.2 Å². The average molecular weight is 436 g/mol. The zero-order valence-electron chi connectivity index (χ0n) is 17.3. The maximum atomic E-state index is 12.3. The number of amides is 3. The number of rotatable bonds is 12.